The van der Waals surface area contributed by atoms with Gasteiger partial charge in [0.1, 0.15) is 11.4 Å². The second kappa shape index (κ2) is 38.6. The first kappa shape index (κ1) is 89.9. The molecule has 0 amide bonds. The van der Waals surface area contributed by atoms with E-state index in [0.717, 1.165) is 78.3 Å². The quantitative estimate of drug-likeness (QED) is 0.0216. The molecule has 99 heavy (non-hydrogen) atoms. The molecule has 0 heterocycles. The molecule has 24 nitrogen and oxygen atoms in total. The number of anilines is 7. The van der Waals surface area contributed by atoms with Crippen LogP contribution in [0, 0.1) is 5.41 Å². The molecule has 0 aliphatic rings. The molecule has 0 bridgehead atoms. The highest BCUT2D eigenvalue weighted by atomic mass is 16.2. The Hall–Kier alpha value is -7.12. The first-order chi connectivity index (χ1) is 45.5. The van der Waals surface area contributed by atoms with Crippen LogP contribution in [0.2, 0.25) is 0 Å². The molecule has 0 aliphatic carbocycles. The van der Waals surface area contributed by atoms with Gasteiger partial charge in [0.05, 0.1) is 28.4 Å². The summed E-state index contributed by atoms with van der Waals surface area (Å²) in [5.74, 6) is 0. The van der Waals surface area contributed by atoms with Crippen LogP contribution in [0.15, 0.2) is 57.5 Å². The molecule has 0 fully saturated rings. The lowest BCUT2D eigenvalue weighted by Gasteiger charge is -2.25. The average Bonchev–Trinajstić information content (AvgIpc) is 0.796. The highest BCUT2D eigenvalue weighted by Crippen LogP contribution is 2.30. The number of likely N-dealkylation sites (N-methyl/N-ethyl adjacent to an activating group) is 4. The molecule has 0 atom stereocenters. The predicted octanol–water partition coefficient (Wildman–Crippen LogP) is 5.36. The first-order valence-electron chi connectivity index (χ1n) is 35.1. The van der Waals surface area contributed by atoms with Crippen LogP contribution >= 0.6 is 0 Å². The summed E-state index contributed by atoms with van der Waals surface area (Å²) in [5, 5.41) is 21.3. The number of nitrogens with one attached hydrogen (secondary N) is 7. The minimum absolute atomic E-state index is 0.257. The molecule has 0 saturated carbocycles. The number of hydrogen-bond donors (Lipinski definition) is 8. The van der Waals surface area contributed by atoms with E-state index in [1.165, 1.54) is 0 Å². The highest BCUT2D eigenvalue weighted by Gasteiger charge is 2.34. The lowest BCUT2D eigenvalue weighted by atomic mass is 9.82. The van der Waals surface area contributed by atoms with Gasteiger partial charge in [-0.05, 0) is 107 Å². The van der Waals surface area contributed by atoms with Crippen molar-refractivity contribution in [2.45, 2.75) is 199 Å². The van der Waals surface area contributed by atoms with Crippen LogP contribution in [0.4, 0.5) is 39.8 Å². The molecule has 6 aromatic rings. The Morgan fingerprint density at radius 1 is 0.323 bits per heavy atom. The molecule has 0 aliphatic heterocycles. The second-order valence-corrected chi connectivity index (χ2v) is 31.7. The third-order valence-electron chi connectivity index (χ3n) is 16.6. The van der Waals surface area contributed by atoms with E-state index < -0.39 is 5.43 Å². The Morgan fingerprint density at radius 2 is 0.616 bits per heavy atom. The minimum atomic E-state index is -0.414. The van der Waals surface area contributed by atoms with E-state index in [1.54, 1.807) is 0 Å². The molecule has 0 radical (unpaired) electrons. The lowest BCUT2D eigenvalue weighted by Crippen LogP contribution is -2.44. The largest absolute Gasteiger partial charge is 0.380 e. The topological polar surface area (TPSA) is 328 Å². The van der Waals surface area contributed by atoms with Crippen molar-refractivity contribution in [2.24, 2.45) is 11.1 Å². The fourth-order valence-corrected chi connectivity index (χ4v) is 10.9. The molecule has 6 rings (SSSR count). The van der Waals surface area contributed by atoms with Crippen molar-refractivity contribution < 1.29 is 0 Å². The Kier molecular flexibility index (Phi) is 35.1. The molecule has 9 N–H and O–H groups in total. The van der Waals surface area contributed by atoms with Crippen molar-refractivity contribution >= 4 is 39.8 Å². The maximum absolute atomic E-state index is 11.6. The van der Waals surface area contributed by atoms with Crippen LogP contribution in [0.25, 0.3) is 0 Å². The summed E-state index contributed by atoms with van der Waals surface area (Å²) in [6, 6.07) is 0. The SMILES string of the molecule is CC(C)(C)c1c(NCCN)c(=O)c1=O.CCN(C)CCNc1c(C(C)(C)C)c(=O)c1=O.CCN(CC)CCNc1c(C(C)(C)C)c(=O)c1=O.CCN(CC)c1c(NCCCC(C)(C)C)c(=O)c1=O.CN(C)CCNc1c(C(C)(C)C)c(=O)c1=O.CNCCNc1c(C(C)(C)C)c(=O)c1=O. The summed E-state index contributed by atoms with van der Waals surface area (Å²) in [6.45, 7) is 58.3. The Morgan fingerprint density at radius 3 is 0.889 bits per heavy atom. The van der Waals surface area contributed by atoms with Crippen LogP contribution in [-0.2, 0) is 27.1 Å². The minimum Gasteiger partial charge on any atom is -0.380 e. The van der Waals surface area contributed by atoms with Crippen LogP contribution in [-0.4, -0.2) is 148 Å². The van der Waals surface area contributed by atoms with Crippen molar-refractivity contribution in [3.63, 3.8) is 0 Å². The number of nitrogens with zero attached hydrogens (tertiary/aromatic N) is 4. The zero-order valence-corrected chi connectivity index (χ0v) is 65.5. The first-order valence-corrected chi connectivity index (χ1v) is 35.1. The Labute approximate surface area is 587 Å². The van der Waals surface area contributed by atoms with Gasteiger partial charge in [-0.15, -0.1) is 0 Å². The van der Waals surface area contributed by atoms with Gasteiger partial charge in [-0.3, -0.25) is 57.5 Å². The van der Waals surface area contributed by atoms with Crippen LogP contribution < -0.4 is 113 Å². The Balaban J connectivity index is 0.000000596. The fourth-order valence-electron chi connectivity index (χ4n) is 10.9. The maximum atomic E-state index is 11.6. The molecule has 0 spiro atoms. The monoisotopic (exact) mass is 1390 g/mol. The molecular formula is C75H126N12O12. The Bertz CT molecular complexity index is 3950. The molecule has 24 heteroatoms. The average molecular weight is 1390 g/mol. The van der Waals surface area contributed by atoms with E-state index in [9.17, 15) is 57.5 Å². The summed E-state index contributed by atoms with van der Waals surface area (Å²) in [4.78, 5) is 146. The van der Waals surface area contributed by atoms with Crippen molar-refractivity contribution in [1.29, 1.82) is 0 Å². The van der Waals surface area contributed by atoms with Gasteiger partial charge >= 0.3 is 0 Å². The van der Waals surface area contributed by atoms with E-state index >= 15 is 0 Å². The summed E-state index contributed by atoms with van der Waals surface area (Å²) in [6.07, 6.45) is 2.09. The standard InChI is InChI=1S/C15H26N2O2.C14H24N2O2.C13H22N2O2.C12H20N2O2.C11H18N2O2.C10H16N2O2/c1-6-17(7-2)12-11(13(18)14(12)19)16-10-8-9-15(3,4)5;1-6-16(7-2)9-8-15-11-10(14(3,4)5)12(17)13(11)18;1-6-15(5)8-7-14-10-9(13(2,3)4)11(16)12(10)17;1-12(2,3)8-9(11(16)10(8)15)13-6-7-14(4)5;1-11(2,3)7-8(10(15)9(7)14)13-6-5-12-4;1-10(2,3)6-7(12-5-4-11)9(14)8(6)13/h16H,6-10H2,1-5H3;15H,6-9H2,1-5H3;14H,6-8H2,1-5H3;13H,6-7H2,1-5H3;12-13H,5-6H2,1-4H3;12H,4-5,11H2,1-3H3. The van der Waals surface area contributed by atoms with Crippen molar-refractivity contribution in [3.8, 4) is 0 Å². The van der Waals surface area contributed by atoms with Gasteiger partial charge in [0, 0.05) is 113 Å². The van der Waals surface area contributed by atoms with Gasteiger partial charge in [-0.1, -0.05) is 145 Å². The van der Waals surface area contributed by atoms with E-state index in [1.807, 2.05) is 156 Å². The van der Waals surface area contributed by atoms with Crippen molar-refractivity contribution in [1.82, 2.24) is 20.0 Å². The third-order valence-corrected chi connectivity index (χ3v) is 16.6. The summed E-state index contributed by atoms with van der Waals surface area (Å²) >= 11 is 0. The van der Waals surface area contributed by atoms with Crippen LogP contribution in [0.1, 0.15) is 200 Å². The van der Waals surface area contributed by atoms with Gasteiger partial charge in [0.2, 0.25) is 54.3 Å². The van der Waals surface area contributed by atoms with Gasteiger partial charge < -0.3 is 62.6 Å². The molecular weight excluding hydrogens is 1260 g/mol. The van der Waals surface area contributed by atoms with Crippen LogP contribution in [0.3, 0.4) is 0 Å². The summed E-state index contributed by atoms with van der Waals surface area (Å²) in [5.41, 5.74) is 6.76. The number of nitrogens with two attached hydrogens (primary N) is 1. The molecule has 558 valence electrons. The van der Waals surface area contributed by atoms with E-state index in [2.05, 4.69) is 88.6 Å². The van der Waals surface area contributed by atoms with Gasteiger partial charge in [-0.2, -0.15) is 0 Å². The molecule has 6 aromatic carbocycles. The fraction of sp³-hybridized carbons (Fsp3) is 0.680. The van der Waals surface area contributed by atoms with Gasteiger partial charge in [0.15, 0.2) is 0 Å². The second-order valence-electron chi connectivity index (χ2n) is 31.7. The number of hydrogen-bond acceptors (Lipinski definition) is 24. The summed E-state index contributed by atoms with van der Waals surface area (Å²) < 4.78 is 0. The molecule has 0 aromatic heterocycles. The van der Waals surface area contributed by atoms with Gasteiger partial charge in [-0.25, -0.2) is 0 Å². The van der Waals surface area contributed by atoms with E-state index in [-0.39, 0.29) is 86.8 Å². The van der Waals surface area contributed by atoms with E-state index in [4.69, 9.17) is 5.73 Å². The molecule has 0 saturated heterocycles. The number of rotatable bonds is 29. The van der Waals surface area contributed by atoms with Crippen LogP contribution in [0.5, 0.6) is 0 Å². The van der Waals surface area contributed by atoms with Crippen molar-refractivity contribution in [3.05, 3.63) is 150 Å². The van der Waals surface area contributed by atoms with Gasteiger partial charge in [0.25, 0.3) is 10.9 Å². The summed E-state index contributed by atoms with van der Waals surface area (Å²) in [7, 11) is 7.80. The van der Waals surface area contributed by atoms with E-state index in [0.29, 0.717) is 112 Å². The zero-order chi connectivity index (χ0) is 76.8. The molecule has 0 unspecified atom stereocenters. The normalized spacial score (nSPS) is 12.2. The third kappa shape index (κ3) is 25.5. The maximum Gasteiger partial charge on any atom is 0.253 e. The zero-order valence-electron chi connectivity index (χ0n) is 65.5. The smallest absolute Gasteiger partial charge is 0.253 e. The highest BCUT2D eigenvalue weighted by molar-refractivity contribution is 5.75. The lowest BCUT2D eigenvalue weighted by molar-refractivity contribution is 0.316. The predicted molar refractivity (Wildman–Crippen MR) is 417 cm³/mol. The van der Waals surface area contributed by atoms with Crippen molar-refractivity contribution in [2.75, 3.05) is 170 Å².